The lowest BCUT2D eigenvalue weighted by molar-refractivity contribution is -0.137. The van der Waals surface area contributed by atoms with Crippen LogP contribution in [0.4, 0.5) is 0 Å². The van der Waals surface area contributed by atoms with E-state index < -0.39 is 0 Å². The van der Waals surface area contributed by atoms with Gasteiger partial charge in [0.1, 0.15) is 5.69 Å². The van der Waals surface area contributed by atoms with Crippen LogP contribution in [-0.2, 0) is 16.1 Å². The van der Waals surface area contributed by atoms with E-state index in [-0.39, 0.29) is 18.1 Å². The summed E-state index contributed by atoms with van der Waals surface area (Å²) in [5, 5.41) is 8.19. The van der Waals surface area contributed by atoms with E-state index in [1.165, 1.54) is 0 Å². The Bertz CT molecular complexity index is 701. The molecule has 1 aromatic carbocycles. The topological polar surface area (TPSA) is 60.2 Å². The monoisotopic (exact) mass is 326 g/mol. The largest absolute Gasteiger partial charge is 0.372 e. The van der Waals surface area contributed by atoms with Crippen LogP contribution in [0, 0.1) is 0 Å². The van der Waals surface area contributed by atoms with Crippen molar-refractivity contribution >= 4 is 12.0 Å². The van der Waals surface area contributed by atoms with Crippen molar-refractivity contribution in [2.75, 3.05) is 13.1 Å². The molecule has 0 aliphatic carbocycles. The zero-order valence-corrected chi connectivity index (χ0v) is 14.0. The predicted molar refractivity (Wildman–Crippen MR) is 91.2 cm³/mol. The molecular weight excluding hydrogens is 304 g/mol. The Morgan fingerprint density at radius 2 is 1.96 bits per heavy atom. The Balaban J connectivity index is 1.59. The van der Waals surface area contributed by atoms with E-state index in [1.807, 2.05) is 55.3 Å². The van der Waals surface area contributed by atoms with Crippen LogP contribution in [0.2, 0.25) is 0 Å². The molecule has 1 aromatic heterocycles. The fraction of sp³-hybridized carbons (Fsp3) is 0.389. The number of rotatable bonds is 4. The Morgan fingerprint density at radius 1 is 1.25 bits per heavy atom. The van der Waals surface area contributed by atoms with E-state index in [1.54, 1.807) is 16.8 Å². The van der Waals surface area contributed by atoms with E-state index in [4.69, 9.17) is 4.74 Å². The molecule has 24 heavy (non-hydrogen) atoms. The minimum absolute atomic E-state index is 0.0189. The minimum Gasteiger partial charge on any atom is -0.372 e. The summed E-state index contributed by atoms with van der Waals surface area (Å²) in [4.78, 5) is 14.1. The molecule has 0 unspecified atom stereocenters. The number of carbonyl (C=O) groups excluding carboxylic acids is 1. The average molecular weight is 326 g/mol. The molecule has 6 heteroatoms. The van der Waals surface area contributed by atoms with Gasteiger partial charge in [-0.1, -0.05) is 35.5 Å². The third kappa shape index (κ3) is 4.29. The van der Waals surface area contributed by atoms with Gasteiger partial charge in [0.2, 0.25) is 5.91 Å². The second kappa shape index (κ2) is 7.40. The first-order chi connectivity index (χ1) is 11.6. The van der Waals surface area contributed by atoms with E-state index in [9.17, 15) is 4.79 Å². The zero-order valence-electron chi connectivity index (χ0n) is 14.0. The summed E-state index contributed by atoms with van der Waals surface area (Å²) in [6, 6.07) is 10.1. The number of nitrogens with zero attached hydrogens (tertiary/aromatic N) is 4. The van der Waals surface area contributed by atoms with Gasteiger partial charge in [0.05, 0.1) is 24.9 Å². The number of carbonyl (C=O) groups is 1. The molecule has 0 spiro atoms. The molecule has 126 valence electrons. The zero-order chi connectivity index (χ0) is 16.9. The van der Waals surface area contributed by atoms with Gasteiger partial charge in [-0.25, -0.2) is 4.68 Å². The molecule has 2 heterocycles. The summed E-state index contributed by atoms with van der Waals surface area (Å²) in [5.41, 5.74) is 1.83. The molecule has 1 fully saturated rings. The number of benzene rings is 1. The maximum atomic E-state index is 12.3. The molecule has 1 aliphatic heterocycles. The highest BCUT2D eigenvalue weighted by molar-refractivity contribution is 5.91. The van der Waals surface area contributed by atoms with Gasteiger partial charge in [0.25, 0.3) is 0 Å². The predicted octanol–water partition coefficient (Wildman–Crippen LogP) is 1.98. The highest BCUT2D eigenvalue weighted by Gasteiger charge is 2.24. The van der Waals surface area contributed by atoms with Crippen LogP contribution < -0.4 is 0 Å². The first-order valence-corrected chi connectivity index (χ1v) is 8.16. The minimum atomic E-state index is -0.0189. The normalized spacial score (nSPS) is 21.3. The smallest absolute Gasteiger partial charge is 0.246 e. The third-order valence-corrected chi connectivity index (χ3v) is 3.87. The number of aromatic nitrogens is 3. The van der Waals surface area contributed by atoms with Gasteiger partial charge in [0.15, 0.2) is 0 Å². The quantitative estimate of drug-likeness (QED) is 0.806. The maximum absolute atomic E-state index is 12.3. The van der Waals surface area contributed by atoms with Gasteiger partial charge in [-0.05, 0) is 25.5 Å². The molecule has 2 aromatic rings. The number of hydrogen-bond acceptors (Lipinski definition) is 4. The van der Waals surface area contributed by atoms with Gasteiger partial charge in [-0.3, -0.25) is 4.79 Å². The fourth-order valence-corrected chi connectivity index (χ4v) is 2.86. The van der Waals surface area contributed by atoms with E-state index in [2.05, 4.69) is 10.3 Å². The van der Waals surface area contributed by atoms with Gasteiger partial charge in [-0.15, -0.1) is 5.10 Å². The second-order valence-corrected chi connectivity index (χ2v) is 6.16. The standard InChI is InChI=1S/C18H22N4O2/c1-14-10-21(11-15(2)24-14)18(23)9-8-17-13-22(20-19-17)12-16-6-4-3-5-7-16/h3-9,13-15H,10-12H2,1-2H3/b9-8+/t14-,15+. The van der Waals surface area contributed by atoms with Crippen molar-refractivity contribution in [2.24, 2.45) is 0 Å². The second-order valence-electron chi connectivity index (χ2n) is 6.16. The SMILES string of the molecule is C[C@@H]1CN(C(=O)/C=C/c2cn(Cc3ccccc3)nn2)C[C@H](C)O1. The first-order valence-electron chi connectivity index (χ1n) is 8.16. The molecule has 1 amide bonds. The highest BCUT2D eigenvalue weighted by atomic mass is 16.5. The number of amides is 1. The molecule has 1 saturated heterocycles. The third-order valence-electron chi connectivity index (χ3n) is 3.87. The molecule has 0 bridgehead atoms. The van der Waals surface area contributed by atoms with Crippen LogP contribution in [-0.4, -0.2) is 51.1 Å². The lowest BCUT2D eigenvalue weighted by Crippen LogP contribution is -2.47. The summed E-state index contributed by atoms with van der Waals surface area (Å²) in [6.45, 7) is 5.86. The lowest BCUT2D eigenvalue weighted by Gasteiger charge is -2.34. The summed E-state index contributed by atoms with van der Waals surface area (Å²) in [7, 11) is 0. The molecule has 0 saturated carbocycles. The maximum Gasteiger partial charge on any atom is 0.246 e. The van der Waals surface area contributed by atoms with Crippen LogP contribution in [0.5, 0.6) is 0 Å². The van der Waals surface area contributed by atoms with Gasteiger partial charge in [-0.2, -0.15) is 0 Å². The molecule has 6 nitrogen and oxygen atoms in total. The average Bonchev–Trinajstić information content (AvgIpc) is 3.00. The Labute approximate surface area is 141 Å². The highest BCUT2D eigenvalue weighted by Crippen LogP contribution is 2.11. The van der Waals surface area contributed by atoms with Crippen LogP contribution in [0.1, 0.15) is 25.1 Å². The van der Waals surface area contributed by atoms with Crippen LogP contribution in [0.25, 0.3) is 6.08 Å². The van der Waals surface area contributed by atoms with Crippen molar-refractivity contribution in [3.63, 3.8) is 0 Å². The lowest BCUT2D eigenvalue weighted by atomic mass is 10.2. The van der Waals surface area contributed by atoms with Gasteiger partial charge in [0, 0.05) is 19.2 Å². The van der Waals surface area contributed by atoms with Crippen molar-refractivity contribution in [1.29, 1.82) is 0 Å². The number of ether oxygens (including phenoxy) is 1. The van der Waals surface area contributed by atoms with E-state index >= 15 is 0 Å². The van der Waals surface area contributed by atoms with Crippen molar-refractivity contribution in [3.8, 4) is 0 Å². The Kier molecular flexibility index (Phi) is 5.05. The van der Waals surface area contributed by atoms with Crippen molar-refractivity contribution in [2.45, 2.75) is 32.6 Å². The Hall–Kier alpha value is -2.47. The van der Waals surface area contributed by atoms with Crippen LogP contribution in [0.3, 0.4) is 0 Å². The van der Waals surface area contributed by atoms with Crippen molar-refractivity contribution in [1.82, 2.24) is 19.9 Å². The number of morpholine rings is 1. The van der Waals surface area contributed by atoms with Gasteiger partial charge >= 0.3 is 0 Å². The molecule has 2 atom stereocenters. The fourth-order valence-electron chi connectivity index (χ4n) is 2.86. The Morgan fingerprint density at radius 3 is 2.67 bits per heavy atom. The summed E-state index contributed by atoms with van der Waals surface area (Å²) >= 11 is 0. The van der Waals surface area contributed by atoms with E-state index in [0.29, 0.717) is 25.3 Å². The molecule has 0 N–H and O–H groups in total. The van der Waals surface area contributed by atoms with E-state index in [0.717, 1.165) is 5.56 Å². The van der Waals surface area contributed by atoms with Gasteiger partial charge < -0.3 is 9.64 Å². The molecular formula is C18H22N4O2. The molecule has 0 radical (unpaired) electrons. The van der Waals surface area contributed by atoms with Crippen LogP contribution >= 0.6 is 0 Å². The molecule has 1 aliphatic rings. The first kappa shape index (κ1) is 16.4. The summed E-state index contributed by atoms with van der Waals surface area (Å²) < 4.78 is 7.41. The number of hydrogen-bond donors (Lipinski definition) is 0. The van der Waals surface area contributed by atoms with Crippen LogP contribution in [0.15, 0.2) is 42.6 Å². The summed E-state index contributed by atoms with van der Waals surface area (Å²) in [5.74, 6) is -0.0189. The summed E-state index contributed by atoms with van der Waals surface area (Å²) in [6.07, 6.45) is 5.24. The molecule has 3 rings (SSSR count). The van der Waals surface area contributed by atoms with Crippen molar-refractivity contribution in [3.05, 3.63) is 53.9 Å². The van der Waals surface area contributed by atoms with Crippen molar-refractivity contribution < 1.29 is 9.53 Å².